The summed E-state index contributed by atoms with van der Waals surface area (Å²) in [6.07, 6.45) is 1.48. The Morgan fingerprint density at radius 1 is 1.45 bits per heavy atom. The smallest absolute Gasteiger partial charge is 0.305 e. The van der Waals surface area contributed by atoms with E-state index in [4.69, 9.17) is 4.42 Å². The molecule has 1 amide bonds. The third-order valence-electron chi connectivity index (χ3n) is 2.71. The Morgan fingerprint density at radius 2 is 2.20 bits per heavy atom. The lowest BCUT2D eigenvalue weighted by Gasteiger charge is -2.15. The predicted molar refractivity (Wildman–Crippen MR) is 67.6 cm³/mol. The molecule has 7 heteroatoms. The van der Waals surface area contributed by atoms with Gasteiger partial charge in [-0.3, -0.25) is 14.9 Å². The van der Waals surface area contributed by atoms with Crippen molar-refractivity contribution in [1.29, 1.82) is 0 Å². The number of rotatable bonds is 4. The van der Waals surface area contributed by atoms with Crippen LogP contribution in [0.25, 0.3) is 0 Å². The maximum Gasteiger partial charge on any atom is 0.305 e. The number of furan rings is 1. The number of nitro groups is 1. The minimum Gasteiger partial charge on any atom is -0.467 e. The van der Waals surface area contributed by atoms with E-state index in [-0.39, 0.29) is 12.1 Å². The van der Waals surface area contributed by atoms with Crippen molar-refractivity contribution in [3.05, 3.63) is 63.9 Å². The van der Waals surface area contributed by atoms with Gasteiger partial charge in [0.2, 0.25) is 5.82 Å². The van der Waals surface area contributed by atoms with Gasteiger partial charge >= 0.3 is 5.69 Å². The van der Waals surface area contributed by atoms with E-state index in [0.29, 0.717) is 5.76 Å². The highest BCUT2D eigenvalue weighted by molar-refractivity contribution is 5.94. The van der Waals surface area contributed by atoms with Gasteiger partial charge in [0.1, 0.15) is 5.76 Å². The van der Waals surface area contributed by atoms with E-state index in [1.165, 1.54) is 24.3 Å². The van der Waals surface area contributed by atoms with E-state index < -0.39 is 22.3 Å². The molecular weight excluding hydrogens is 267 g/mol. The Hall–Kier alpha value is -2.70. The summed E-state index contributed by atoms with van der Waals surface area (Å²) < 4.78 is 18.3. The van der Waals surface area contributed by atoms with Gasteiger partial charge in [-0.15, -0.1) is 0 Å². The van der Waals surface area contributed by atoms with E-state index in [2.05, 4.69) is 0 Å². The normalized spacial score (nSPS) is 10.3. The van der Waals surface area contributed by atoms with Gasteiger partial charge in [-0.25, -0.2) is 0 Å². The molecule has 20 heavy (non-hydrogen) atoms. The van der Waals surface area contributed by atoms with Crippen molar-refractivity contribution in [2.45, 2.75) is 6.54 Å². The molecule has 0 aliphatic heterocycles. The topological polar surface area (TPSA) is 76.6 Å². The van der Waals surface area contributed by atoms with Crippen LogP contribution in [0.1, 0.15) is 16.1 Å². The largest absolute Gasteiger partial charge is 0.467 e. The zero-order valence-corrected chi connectivity index (χ0v) is 10.6. The highest BCUT2D eigenvalue weighted by atomic mass is 19.1. The number of benzene rings is 1. The fraction of sp³-hybridized carbons (Fsp3) is 0.154. The SMILES string of the molecule is CN(Cc1ccco1)C(=O)c1ccc(F)c([N+](=O)[O-])c1. The Kier molecular flexibility index (Phi) is 3.79. The van der Waals surface area contributed by atoms with Gasteiger partial charge < -0.3 is 9.32 Å². The molecule has 0 bridgehead atoms. The molecule has 0 fully saturated rings. The van der Waals surface area contributed by atoms with Crippen molar-refractivity contribution < 1.29 is 18.5 Å². The molecule has 0 radical (unpaired) electrons. The summed E-state index contributed by atoms with van der Waals surface area (Å²) in [6, 6.07) is 6.44. The standard InChI is InChI=1S/C13H11FN2O4/c1-15(8-10-3-2-6-20-10)13(17)9-4-5-11(14)12(7-9)16(18)19/h2-7H,8H2,1H3. The van der Waals surface area contributed by atoms with Gasteiger partial charge in [0.25, 0.3) is 5.91 Å². The third kappa shape index (κ3) is 2.82. The Balaban J connectivity index is 2.20. The Bertz CT molecular complexity index is 640. The minimum atomic E-state index is -0.972. The van der Waals surface area contributed by atoms with Crippen molar-refractivity contribution in [3.8, 4) is 0 Å². The lowest BCUT2D eigenvalue weighted by molar-refractivity contribution is -0.387. The molecule has 0 saturated carbocycles. The molecule has 1 aromatic carbocycles. The molecule has 0 unspecified atom stereocenters. The summed E-state index contributed by atoms with van der Waals surface area (Å²) in [6.45, 7) is 0.219. The molecule has 0 saturated heterocycles. The van der Waals surface area contributed by atoms with Crippen LogP contribution >= 0.6 is 0 Å². The third-order valence-corrected chi connectivity index (χ3v) is 2.71. The van der Waals surface area contributed by atoms with Crippen molar-refractivity contribution in [2.75, 3.05) is 7.05 Å². The van der Waals surface area contributed by atoms with Crippen LogP contribution in [0.3, 0.4) is 0 Å². The molecule has 104 valence electrons. The van der Waals surface area contributed by atoms with Crippen molar-refractivity contribution >= 4 is 11.6 Å². The predicted octanol–water partition coefficient (Wildman–Crippen LogP) is 2.60. The second kappa shape index (κ2) is 5.52. The molecule has 0 aliphatic rings. The van der Waals surface area contributed by atoms with Crippen LogP contribution < -0.4 is 0 Å². The van der Waals surface area contributed by atoms with E-state index in [1.54, 1.807) is 12.1 Å². The minimum absolute atomic E-state index is 0.0483. The first-order valence-corrected chi connectivity index (χ1v) is 5.71. The van der Waals surface area contributed by atoms with Gasteiger partial charge in [0.15, 0.2) is 0 Å². The zero-order chi connectivity index (χ0) is 14.7. The molecule has 2 rings (SSSR count). The van der Waals surface area contributed by atoms with Crippen LogP contribution in [-0.2, 0) is 6.54 Å². The van der Waals surface area contributed by atoms with Crippen molar-refractivity contribution in [1.82, 2.24) is 4.90 Å². The summed E-state index contributed by atoms with van der Waals surface area (Å²) in [5, 5.41) is 10.6. The monoisotopic (exact) mass is 278 g/mol. The van der Waals surface area contributed by atoms with Gasteiger partial charge in [0, 0.05) is 18.7 Å². The quantitative estimate of drug-likeness (QED) is 0.636. The van der Waals surface area contributed by atoms with E-state index in [1.807, 2.05) is 0 Å². The molecule has 1 aromatic heterocycles. The van der Waals surface area contributed by atoms with Crippen LogP contribution in [0.2, 0.25) is 0 Å². The first kappa shape index (κ1) is 13.7. The first-order chi connectivity index (χ1) is 9.49. The maximum absolute atomic E-state index is 13.2. The first-order valence-electron chi connectivity index (χ1n) is 5.71. The van der Waals surface area contributed by atoms with Gasteiger partial charge in [-0.1, -0.05) is 0 Å². The van der Waals surface area contributed by atoms with E-state index in [0.717, 1.165) is 12.1 Å². The molecule has 0 N–H and O–H groups in total. The molecule has 1 heterocycles. The average molecular weight is 278 g/mol. The highest BCUT2D eigenvalue weighted by Crippen LogP contribution is 2.19. The number of hydrogen-bond donors (Lipinski definition) is 0. The molecular formula is C13H11FN2O4. The average Bonchev–Trinajstić information content (AvgIpc) is 2.91. The summed E-state index contributed by atoms with van der Waals surface area (Å²) in [5.41, 5.74) is -0.672. The van der Waals surface area contributed by atoms with Crippen LogP contribution in [0.15, 0.2) is 41.0 Å². The van der Waals surface area contributed by atoms with Gasteiger partial charge in [-0.05, 0) is 24.3 Å². The van der Waals surface area contributed by atoms with Crippen molar-refractivity contribution in [2.24, 2.45) is 0 Å². The lowest BCUT2D eigenvalue weighted by Crippen LogP contribution is -2.26. The Morgan fingerprint density at radius 3 is 2.80 bits per heavy atom. The number of carbonyl (C=O) groups excluding carboxylic acids is 1. The second-order valence-electron chi connectivity index (χ2n) is 4.16. The molecule has 0 aliphatic carbocycles. The van der Waals surface area contributed by atoms with Crippen LogP contribution in [0.4, 0.5) is 10.1 Å². The number of halogens is 1. The fourth-order valence-electron chi connectivity index (χ4n) is 1.71. The highest BCUT2D eigenvalue weighted by Gasteiger charge is 2.20. The lowest BCUT2D eigenvalue weighted by atomic mass is 10.1. The van der Waals surface area contributed by atoms with Crippen LogP contribution in [0.5, 0.6) is 0 Å². The van der Waals surface area contributed by atoms with Crippen LogP contribution in [-0.4, -0.2) is 22.8 Å². The Labute approximate surface area is 113 Å². The molecule has 0 spiro atoms. The zero-order valence-electron chi connectivity index (χ0n) is 10.6. The summed E-state index contributed by atoms with van der Waals surface area (Å²) in [4.78, 5) is 23.2. The van der Waals surface area contributed by atoms with Gasteiger partial charge in [-0.2, -0.15) is 4.39 Å². The van der Waals surface area contributed by atoms with Gasteiger partial charge in [0.05, 0.1) is 17.7 Å². The second-order valence-corrected chi connectivity index (χ2v) is 4.16. The van der Waals surface area contributed by atoms with E-state index in [9.17, 15) is 19.3 Å². The number of hydrogen-bond acceptors (Lipinski definition) is 4. The number of nitrogens with zero attached hydrogens (tertiary/aromatic N) is 2. The maximum atomic E-state index is 13.2. The summed E-state index contributed by atoms with van der Waals surface area (Å²) in [5.74, 6) is -0.845. The molecule has 0 atom stereocenters. The molecule has 6 nitrogen and oxygen atoms in total. The number of nitro benzene ring substituents is 1. The fourth-order valence-corrected chi connectivity index (χ4v) is 1.71. The molecule has 2 aromatic rings. The van der Waals surface area contributed by atoms with E-state index >= 15 is 0 Å². The number of carbonyl (C=O) groups is 1. The number of amides is 1. The summed E-state index contributed by atoms with van der Waals surface area (Å²) >= 11 is 0. The van der Waals surface area contributed by atoms with Crippen LogP contribution in [0, 0.1) is 15.9 Å². The summed E-state index contributed by atoms with van der Waals surface area (Å²) in [7, 11) is 1.53. The van der Waals surface area contributed by atoms with Crippen molar-refractivity contribution in [3.63, 3.8) is 0 Å².